The minimum atomic E-state index is -0.625. The lowest BCUT2D eigenvalue weighted by Crippen LogP contribution is -2.13. The number of hydrogen-bond donors (Lipinski definition) is 1. The Kier molecular flexibility index (Phi) is 8.65. The Bertz CT molecular complexity index is 1550. The summed E-state index contributed by atoms with van der Waals surface area (Å²) in [4.78, 5) is 24.5. The molecule has 0 fully saturated rings. The third-order valence-corrected chi connectivity index (χ3v) is 6.16. The topological polar surface area (TPSA) is 88.4 Å². The summed E-state index contributed by atoms with van der Waals surface area (Å²) in [6.45, 7) is 2.24. The van der Waals surface area contributed by atoms with E-state index in [0.717, 1.165) is 16.3 Å². The van der Waals surface area contributed by atoms with Crippen LogP contribution in [0, 0.1) is 11.3 Å². The molecule has 0 aliphatic carbocycles. The summed E-state index contributed by atoms with van der Waals surface area (Å²) >= 11 is 12.9. The number of nitrogens with one attached hydrogen (secondary N) is 1. The van der Waals surface area contributed by atoms with Crippen LogP contribution in [0.25, 0.3) is 16.8 Å². The molecule has 38 heavy (non-hydrogen) atoms. The summed E-state index contributed by atoms with van der Waals surface area (Å²) in [6.07, 6.45) is 1.38. The van der Waals surface area contributed by atoms with Crippen molar-refractivity contribution in [1.29, 1.82) is 5.26 Å². The molecule has 0 aliphatic rings. The van der Waals surface area contributed by atoms with Crippen LogP contribution in [-0.4, -0.2) is 18.5 Å². The smallest absolute Gasteiger partial charge is 0.338 e. The minimum absolute atomic E-state index is 0.156. The Morgan fingerprint density at radius 1 is 0.974 bits per heavy atom. The van der Waals surface area contributed by atoms with E-state index in [-0.39, 0.29) is 28.8 Å². The summed E-state index contributed by atoms with van der Waals surface area (Å²) in [7, 11) is 0. The standard InChI is InChI=1S/C30H22Cl2N2O4/c1-2-37-30(36)21-10-12-24(13-11-21)34-29(35)23(17-33)14-19-15-26(31)28(27(32)16-19)38-18-22-8-5-7-20-6-3-4-9-25(20)22/h3-16H,2,18H2,1H3,(H,34,35)/b23-14+. The zero-order chi connectivity index (χ0) is 27.1. The highest BCUT2D eigenvalue weighted by atomic mass is 35.5. The summed E-state index contributed by atoms with van der Waals surface area (Å²) in [5, 5.41) is 14.9. The van der Waals surface area contributed by atoms with Crippen LogP contribution >= 0.6 is 23.2 Å². The van der Waals surface area contributed by atoms with Crippen molar-refractivity contribution in [2.24, 2.45) is 0 Å². The van der Waals surface area contributed by atoms with Gasteiger partial charge in [0, 0.05) is 5.69 Å². The highest BCUT2D eigenvalue weighted by molar-refractivity contribution is 6.37. The molecule has 0 atom stereocenters. The maximum Gasteiger partial charge on any atom is 0.338 e. The van der Waals surface area contributed by atoms with E-state index in [4.69, 9.17) is 32.7 Å². The van der Waals surface area contributed by atoms with Crippen LogP contribution in [0.1, 0.15) is 28.4 Å². The summed E-state index contributed by atoms with van der Waals surface area (Å²) in [6, 6.07) is 25.2. The number of carbonyl (C=O) groups excluding carboxylic acids is 2. The first-order chi connectivity index (χ1) is 18.4. The molecule has 1 N–H and O–H groups in total. The number of esters is 1. The molecular formula is C30H22Cl2N2O4. The van der Waals surface area contributed by atoms with Crippen LogP contribution in [0.2, 0.25) is 10.0 Å². The van der Waals surface area contributed by atoms with E-state index >= 15 is 0 Å². The molecule has 4 aromatic rings. The van der Waals surface area contributed by atoms with Gasteiger partial charge in [-0.05, 0) is 71.3 Å². The van der Waals surface area contributed by atoms with E-state index in [9.17, 15) is 14.9 Å². The lowest BCUT2D eigenvalue weighted by Gasteiger charge is -2.13. The van der Waals surface area contributed by atoms with Gasteiger partial charge in [0.05, 0.1) is 22.2 Å². The first kappa shape index (κ1) is 26.7. The first-order valence-corrected chi connectivity index (χ1v) is 12.4. The van der Waals surface area contributed by atoms with E-state index in [1.165, 1.54) is 18.2 Å². The van der Waals surface area contributed by atoms with Gasteiger partial charge in [0.1, 0.15) is 18.2 Å². The van der Waals surface area contributed by atoms with Crippen LogP contribution < -0.4 is 10.1 Å². The van der Waals surface area contributed by atoms with Crippen molar-refractivity contribution in [2.75, 3.05) is 11.9 Å². The van der Waals surface area contributed by atoms with Gasteiger partial charge in [-0.15, -0.1) is 0 Å². The lowest BCUT2D eigenvalue weighted by atomic mass is 10.1. The highest BCUT2D eigenvalue weighted by Gasteiger charge is 2.14. The number of amides is 1. The third-order valence-electron chi connectivity index (χ3n) is 5.60. The molecule has 4 aromatic carbocycles. The molecule has 6 nitrogen and oxygen atoms in total. The second-order valence-electron chi connectivity index (χ2n) is 8.16. The van der Waals surface area contributed by atoms with Gasteiger partial charge in [0.2, 0.25) is 0 Å². The summed E-state index contributed by atoms with van der Waals surface area (Å²) < 4.78 is 10.9. The number of nitriles is 1. The largest absolute Gasteiger partial charge is 0.486 e. The van der Waals surface area contributed by atoms with Crippen LogP contribution in [0.4, 0.5) is 5.69 Å². The van der Waals surface area contributed by atoms with Gasteiger partial charge in [-0.25, -0.2) is 4.79 Å². The molecule has 1 amide bonds. The monoisotopic (exact) mass is 544 g/mol. The van der Waals surface area contributed by atoms with Crippen molar-refractivity contribution < 1.29 is 19.1 Å². The van der Waals surface area contributed by atoms with E-state index in [2.05, 4.69) is 5.32 Å². The SMILES string of the molecule is CCOC(=O)c1ccc(NC(=O)/C(C#N)=C/c2cc(Cl)c(OCc3cccc4ccccc34)c(Cl)c2)cc1. The number of ether oxygens (including phenoxy) is 2. The van der Waals surface area contributed by atoms with E-state index in [1.54, 1.807) is 31.2 Å². The fourth-order valence-corrected chi connectivity index (χ4v) is 4.40. The molecule has 8 heteroatoms. The Hall–Kier alpha value is -4.31. The maximum atomic E-state index is 12.7. The summed E-state index contributed by atoms with van der Waals surface area (Å²) in [5.74, 6) is -0.774. The van der Waals surface area contributed by atoms with E-state index < -0.39 is 11.9 Å². The quantitative estimate of drug-likeness (QED) is 0.141. The number of carbonyl (C=O) groups is 2. The van der Waals surface area contributed by atoms with Gasteiger partial charge in [0.25, 0.3) is 5.91 Å². The number of nitrogens with zero attached hydrogens (tertiary/aromatic N) is 1. The minimum Gasteiger partial charge on any atom is -0.486 e. The second-order valence-corrected chi connectivity index (χ2v) is 8.98. The average Bonchev–Trinajstić information content (AvgIpc) is 2.91. The normalized spacial score (nSPS) is 11.1. The molecular weight excluding hydrogens is 523 g/mol. The Morgan fingerprint density at radius 3 is 2.34 bits per heavy atom. The second kappa shape index (κ2) is 12.3. The molecule has 0 bridgehead atoms. The molecule has 0 unspecified atom stereocenters. The van der Waals surface area contributed by atoms with Gasteiger partial charge >= 0.3 is 5.97 Å². The van der Waals surface area contributed by atoms with Crippen molar-refractivity contribution in [2.45, 2.75) is 13.5 Å². The average molecular weight is 545 g/mol. The molecule has 4 rings (SSSR count). The van der Waals surface area contributed by atoms with Gasteiger partial charge < -0.3 is 14.8 Å². The van der Waals surface area contributed by atoms with E-state index in [0.29, 0.717) is 22.6 Å². The molecule has 0 aliphatic heterocycles. The predicted molar refractivity (Wildman–Crippen MR) is 149 cm³/mol. The van der Waals surface area contributed by atoms with E-state index in [1.807, 2.05) is 48.5 Å². The van der Waals surface area contributed by atoms with Crippen LogP contribution in [0.3, 0.4) is 0 Å². The predicted octanol–water partition coefficient (Wildman–Crippen LogP) is 7.45. The number of anilines is 1. The molecule has 0 saturated carbocycles. The van der Waals surface area contributed by atoms with Crippen LogP contribution in [-0.2, 0) is 16.1 Å². The molecule has 0 radical (unpaired) electrons. The van der Waals surface area contributed by atoms with Gasteiger partial charge in [-0.2, -0.15) is 5.26 Å². The summed E-state index contributed by atoms with van der Waals surface area (Å²) in [5.41, 5.74) is 2.06. The molecule has 0 spiro atoms. The van der Waals surface area contributed by atoms with Gasteiger partial charge in [-0.1, -0.05) is 65.7 Å². The maximum absolute atomic E-state index is 12.7. The number of benzene rings is 4. The molecule has 0 saturated heterocycles. The lowest BCUT2D eigenvalue weighted by molar-refractivity contribution is -0.112. The first-order valence-electron chi connectivity index (χ1n) is 11.7. The van der Waals surface area contributed by atoms with Crippen molar-refractivity contribution in [3.05, 3.63) is 111 Å². The third kappa shape index (κ3) is 6.33. The zero-order valence-electron chi connectivity index (χ0n) is 20.3. The Balaban J connectivity index is 1.48. The number of rotatable bonds is 8. The Morgan fingerprint density at radius 2 is 1.66 bits per heavy atom. The molecule has 0 aromatic heterocycles. The fraction of sp³-hybridized carbons (Fsp3) is 0.100. The molecule has 0 heterocycles. The fourth-order valence-electron chi connectivity index (χ4n) is 3.79. The Labute approximate surface area is 230 Å². The highest BCUT2D eigenvalue weighted by Crippen LogP contribution is 2.36. The number of halogens is 2. The van der Waals surface area contributed by atoms with Crippen molar-refractivity contribution in [3.8, 4) is 11.8 Å². The zero-order valence-corrected chi connectivity index (χ0v) is 21.8. The van der Waals surface area contributed by atoms with Gasteiger partial charge in [-0.3, -0.25) is 4.79 Å². The number of hydrogen-bond acceptors (Lipinski definition) is 5. The number of fused-ring (bicyclic) bond motifs is 1. The van der Waals surface area contributed by atoms with Gasteiger partial charge in [0.15, 0.2) is 5.75 Å². The van der Waals surface area contributed by atoms with Crippen molar-refractivity contribution >= 4 is 57.6 Å². The van der Waals surface area contributed by atoms with Crippen LogP contribution in [0.5, 0.6) is 5.75 Å². The van der Waals surface area contributed by atoms with Crippen LogP contribution in [0.15, 0.2) is 84.4 Å². The van der Waals surface area contributed by atoms with Crippen molar-refractivity contribution in [3.63, 3.8) is 0 Å². The van der Waals surface area contributed by atoms with Crippen molar-refractivity contribution in [1.82, 2.24) is 0 Å². The molecule has 190 valence electrons.